The molecular formula is C7H8NO2. The molecule has 0 aliphatic rings. The van der Waals surface area contributed by atoms with Crippen molar-refractivity contribution in [1.82, 2.24) is 0 Å². The Balaban J connectivity index is 3.09. The number of nitrogen functional groups attached to an aromatic ring is 1. The van der Waals surface area contributed by atoms with Crippen molar-refractivity contribution in [3.63, 3.8) is 0 Å². The van der Waals surface area contributed by atoms with Gasteiger partial charge < -0.3 is 10.5 Å². The first kappa shape index (κ1) is 6.74. The lowest BCUT2D eigenvalue weighted by molar-refractivity contribution is 0.315. The second-order valence-electron chi connectivity index (χ2n) is 1.91. The number of methoxy groups -OCH3 is 1. The standard InChI is InChI=1S/C7H8NO2/c1-10-7-4-5(8)2-3-6(7)9/h2-4H,8H2,1H3. The Morgan fingerprint density at radius 2 is 2.20 bits per heavy atom. The molecule has 0 bridgehead atoms. The molecule has 0 spiro atoms. The molecule has 0 unspecified atom stereocenters. The summed E-state index contributed by atoms with van der Waals surface area (Å²) in [7, 11) is 1.44. The molecule has 53 valence electrons. The number of hydrogen-bond acceptors (Lipinski definition) is 2. The molecule has 1 aromatic carbocycles. The molecule has 0 aromatic heterocycles. The van der Waals surface area contributed by atoms with Gasteiger partial charge in [-0.25, -0.2) is 0 Å². The first-order valence-corrected chi connectivity index (χ1v) is 2.84. The minimum Gasteiger partial charge on any atom is -0.493 e. The summed E-state index contributed by atoms with van der Waals surface area (Å²) >= 11 is 0. The Hall–Kier alpha value is -1.38. The maximum absolute atomic E-state index is 10.8. The molecule has 1 radical (unpaired) electrons. The maximum atomic E-state index is 10.8. The average molecular weight is 138 g/mol. The van der Waals surface area contributed by atoms with Gasteiger partial charge in [-0.05, 0) is 12.1 Å². The van der Waals surface area contributed by atoms with Crippen molar-refractivity contribution >= 4 is 5.69 Å². The van der Waals surface area contributed by atoms with Gasteiger partial charge in [0.15, 0.2) is 5.75 Å². The van der Waals surface area contributed by atoms with Gasteiger partial charge in [0, 0.05) is 11.8 Å². The summed E-state index contributed by atoms with van der Waals surface area (Å²) in [4.78, 5) is 0. The van der Waals surface area contributed by atoms with Crippen molar-refractivity contribution in [2.75, 3.05) is 12.8 Å². The molecule has 0 amide bonds. The van der Waals surface area contributed by atoms with Crippen molar-refractivity contribution < 1.29 is 9.84 Å². The first-order chi connectivity index (χ1) is 4.74. The van der Waals surface area contributed by atoms with E-state index in [9.17, 15) is 5.11 Å². The molecule has 0 atom stereocenters. The number of hydrogen-bond donors (Lipinski definition) is 1. The molecule has 0 heterocycles. The smallest absolute Gasteiger partial charge is 0.220 e. The fourth-order valence-corrected chi connectivity index (χ4v) is 0.684. The SMILES string of the molecule is COc1cc(N)ccc1[O]. The molecule has 1 rings (SSSR count). The number of anilines is 1. The van der Waals surface area contributed by atoms with E-state index in [1.165, 1.54) is 19.2 Å². The van der Waals surface area contributed by atoms with Gasteiger partial charge in [-0.3, -0.25) is 5.11 Å². The van der Waals surface area contributed by atoms with Crippen LogP contribution in [0.5, 0.6) is 11.5 Å². The van der Waals surface area contributed by atoms with Crippen LogP contribution in [0.4, 0.5) is 5.69 Å². The van der Waals surface area contributed by atoms with E-state index in [0.717, 1.165) is 0 Å². The van der Waals surface area contributed by atoms with Gasteiger partial charge >= 0.3 is 0 Å². The van der Waals surface area contributed by atoms with Crippen LogP contribution in [0.3, 0.4) is 0 Å². The highest BCUT2D eigenvalue weighted by Gasteiger charge is 2.00. The quantitative estimate of drug-likeness (QED) is 0.596. The predicted octanol–water partition coefficient (Wildman–Crippen LogP) is 1.42. The van der Waals surface area contributed by atoms with Crippen molar-refractivity contribution in [2.24, 2.45) is 0 Å². The molecule has 2 N–H and O–H groups in total. The van der Waals surface area contributed by atoms with Crippen LogP contribution in [0, 0.1) is 0 Å². The zero-order valence-electron chi connectivity index (χ0n) is 5.63. The van der Waals surface area contributed by atoms with Crippen molar-refractivity contribution in [3.8, 4) is 11.5 Å². The highest BCUT2D eigenvalue weighted by Crippen LogP contribution is 2.27. The monoisotopic (exact) mass is 138 g/mol. The van der Waals surface area contributed by atoms with E-state index in [-0.39, 0.29) is 5.75 Å². The minimum absolute atomic E-state index is 0.142. The van der Waals surface area contributed by atoms with Crippen molar-refractivity contribution in [2.45, 2.75) is 0 Å². The molecule has 3 heteroatoms. The minimum atomic E-state index is -0.142. The molecule has 0 aliphatic carbocycles. The predicted molar refractivity (Wildman–Crippen MR) is 37.5 cm³/mol. The summed E-state index contributed by atoms with van der Waals surface area (Å²) in [6.45, 7) is 0. The van der Waals surface area contributed by atoms with Gasteiger partial charge in [-0.1, -0.05) is 0 Å². The highest BCUT2D eigenvalue weighted by molar-refractivity contribution is 5.50. The summed E-state index contributed by atoms with van der Waals surface area (Å²) in [6.07, 6.45) is 0. The van der Waals surface area contributed by atoms with Gasteiger partial charge in [0.05, 0.1) is 7.11 Å². The fraction of sp³-hybridized carbons (Fsp3) is 0.143. The lowest BCUT2D eigenvalue weighted by atomic mass is 10.3. The topological polar surface area (TPSA) is 55.1 Å². The molecule has 3 nitrogen and oxygen atoms in total. The third-order valence-corrected chi connectivity index (χ3v) is 1.19. The Kier molecular flexibility index (Phi) is 1.67. The van der Waals surface area contributed by atoms with Crippen LogP contribution in [-0.4, -0.2) is 7.11 Å². The van der Waals surface area contributed by atoms with E-state index in [2.05, 4.69) is 0 Å². The average Bonchev–Trinajstić information content (AvgIpc) is 1.94. The van der Waals surface area contributed by atoms with Gasteiger partial charge in [-0.15, -0.1) is 0 Å². The van der Waals surface area contributed by atoms with E-state index < -0.39 is 0 Å². The van der Waals surface area contributed by atoms with Crippen LogP contribution in [0.1, 0.15) is 0 Å². The fourth-order valence-electron chi connectivity index (χ4n) is 0.684. The zero-order chi connectivity index (χ0) is 7.56. The first-order valence-electron chi connectivity index (χ1n) is 2.84. The normalized spacial score (nSPS) is 9.30. The molecule has 0 aliphatic heterocycles. The van der Waals surface area contributed by atoms with E-state index in [1.54, 1.807) is 6.07 Å². The Morgan fingerprint density at radius 1 is 1.50 bits per heavy atom. The molecule has 0 saturated heterocycles. The summed E-state index contributed by atoms with van der Waals surface area (Å²) in [5.41, 5.74) is 5.92. The zero-order valence-corrected chi connectivity index (χ0v) is 5.63. The van der Waals surface area contributed by atoms with Crippen molar-refractivity contribution in [3.05, 3.63) is 18.2 Å². The van der Waals surface area contributed by atoms with Crippen LogP contribution in [-0.2, 0) is 5.11 Å². The summed E-state index contributed by atoms with van der Waals surface area (Å²) < 4.78 is 4.73. The van der Waals surface area contributed by atoms with Crippen LogP contribution in [0.2, 0.25) is 0 Å². The molecule has 0 fully saturated rings. The molecular weight excluding hydrogens is 130 g/mol. The third-order valence-electron chi connectivity index (χ3n) is 1.19. The lowest BCUT2D eigenvalue weighted by Gasteiger charge is -2.00. The Morgan fingerprint density at radius 3 is 2.70 bits per heavy atom. The van der Waals surface area contributed by atoms with Crippen LogP contribution in [0.25, 0.3) is 0 Å². The summed E-state index contributed by atoms with van der Waals surface area (Å²) in [5, 5.41) is 10.8. The number of nitrogens with two attached hydrogens (primary N) is 1. The Bertz CT molecular complexity index is 235. The molecule has 1 aromatic rings. The maximum Gasteiger partial charge on any atom is 0.220 e. The van der Waals surface area contributed by atoms with Gasteiger partial charge in [0.1, 0.15) is 0 Å². The third kappa shape index (κ3) is 1.13. The van der Waals surface area contributed by atoms with Crippen LogP contribution >= 0.6 is 0 Å². The van der Waals surface area contributed by atoms with Crippen LogP contribution < -0.4 is 10.5 Å². The summed E-state index contributed by atoms with van der Waals surface area (Å²) in [6, 6.07) is 4.43. The van der Waals surface area contributed by atoms with Gasteiger partial charge in [0.2, 0.25) is 5.75 Å². The second kappa shape index (κ2) is 2.47. The van der Waals surface area contributed by atoms with E-state index in [1.807, 2.05) is 0 Å². The number of ether oxygens (including phenoxy) is 1. The van der Waals surface area contributed by atoms with Gasteiger partial charge in [0.25, 0.3) is 0 Å². The number of benzene rings is 1. The highest BCUT2D eigenvalue weighted by atomic mass is 16.5. The van der Waals surface area contributed by atoms with Crippen molar-refractivity contribution in [1.29, 1.82) is 0 Å². The largest absolute Gasteiger partial charge is 0.493 e. The Labute approximate surface area is 59.0 Å². The van der Waals surface area contributed by atoms with Crippen LogP contribution in [0.15, 0.2) is 18.2 Å². The van der Waals surface area contributed by atoms with E-state index >= 15 is 0 Å². The van der Waals surface area contributed by atoms with E-state index in [4.69, 9.17) is 10.5 Å². The molecule has 0 saturated carbocycles. The van der Waals surface area contributed by atoms with Gasteiger partial charge in [-0.2, -0.15) is 0 Å². The summed E-state index contributed by atoms with van der Waals surface area (Å²) in [5.74, 6) is 0.150. The number of rotatable bonds is 1. The second-order valence-corrected chi connectivity index (χ2v) is 1.91. The lowest BCUT2D eigenvalue weighted by Crippen LogP contribution is -1.87. The van der Waals surface area contributed by atoms with E-state index in [0.29, 0.717) is 11.4 Å². The molecule has 10 heavy (non-hydrogen) atoms.